The predicted molar refractivity (Wildman–Crippen MR) is 70.1 cm³/mol. The Morgan fingerprint density at radius 1 is 1.21 bits per heavy atom. The van der Waals surface area contributed by atoms with Crippen LogP contribution in [0.5, 0.6) is 0 Å². The maximum Gasteiger partial charge on any atom is 0.0742 e. The molecule has 0 aromatic rings. The lowest BCUT2D eigenvalue weighted by Gasteiger charge is -2.21. The summed E-state index contributed by atoms with van der Waals surface area (Å²) < 4.78 is 0.131. The minimum atomic E-state index is -0.0465. The van der Waals surface area contributed by atoms with Gasteiger partial charge in [-0.15, -0.1) is 0 Å². The molecule has 0 saturated carbocycles. The minimum absolute atomic E-state index is 0.0465. The third-order valence-corrected chi connectivity index (χ3v) is 4.73. The fraction of sp³-hybridized carbons (Fsp3) is 0.800. The summed E-state index contributed by atoms with van der Waals surface area (Å²) in [6, 6.07) is 0. The van der Waals surface area contributed by atoms with Gasteiger partial charge in [0.15, 0.2) is 0 Å². The summed E-state index contributed by atoms with van der Waals surface area (Å²) in [5.41, 5.74) is -0.0465. The minimum Gasteiger partial charge on any atom is -0.294 e. The molecule has 0 atom stereocenters. The van der Waals surface area contributed by atoms with E-state index < -0.39 is 0 Å². The second-order valence-corrected chi connectivity index (χ2v) is 7.56. The summed E-state index contributed by atoms with van der Waals surface area (Å²) in [5, 5.41) is 0. The summed E-state index contributed by atoms with van der Waals surface area (Å²) in [5.74, 6) is 0.978. The Hall–Kier alpha value is 0.0400. The molecule has 80 valence electrons. The van der Waals surface area contributed by atoms with Gasteiger partial charge in [0.25, 0.3) is 0 Å². The van der Waals surface area contributed by atoms with Crippen LogP contribution in [0.1, 0.15) is 27.7 Å². The van der Waals surface area contributed by atoms with E-state index in [0.29, 0.717) is 0 Å². The first-order valence-electron chi connectivity index (χ1n) is 4.77. The molecule has 4 heteroatoms. The number of nitrogens with zero attached hydrogens (tertiary/aromatic N) is 2. The molecule has 1 aliphatic heterocycles. The van der Waals surface area contributed by atoms with E-state index in [0.717, 1.165) is 12.3 Å². The zero-order valence-corrected chi connectivity index (χ0v) is 10.9. The van der Waals surface area contributed by atoms with Crippen molar-refractivity contribution in [1.29, 1.82) is 0 Å². The molecule has 0 radical (unpaired) electrons. The number of hydrogen-bond acceptors (Lipinski definition) is 4. The summed E-state index contributed by atoms with van der Waals surface area (Å²) >= 11 is 0. The summed E-state index contributed by atoms with van der Waals surface area (Å²) in [6.07, 6.45) is 4.06. The molecule has 0 unspecified atom stereocenters. The first-order valence-corrected chi connectivity index (χ1v) is 7.09. The van der Waals surface area contributed by atoms with Gasteiger partial charge < -0.3 is 0 Å². The van der Waals surface area contributed by atoms with Gasteiger partial charge in [-0.3, -0.25) is 9.98 Å². The van der Waals surface area contributed by atoms with E-state index in [9.17, 15) is 0 Å². The molecular formula is C10H18N2S2. The van der Waals surface area contributed by atoms with Gasteiger partial charge in [0.2, 0.25) is 0 Å². The molecule has 0 aromatic heterocycles. The highest BCUT2D eigenvalue weighted by molar-refractivity contribution is 8.77. The van der Waals surface area contributed by atoms with Gasteiger partial charge in [0, 0.05) is 18.2 Å². The largest absolute Gasteiger partial charge is 0.294 e. The van der Waals surface area contributed by atoms with Crippen molar-refractivity contribution >= 4 is 34.0 Å². The maximum absolute atomic E-state index is 4.49. The number of aliphatic imine (C=N–C) groups is 2. The van der Waals surface area contributed by atoms with Gasteiger partial charge in [-0.2, -0.15) is 0 Å². The SMILES string of the molecule is CC1(C)CN=CC(C)(C)SSCC=N1. The van der Waals surface area contributed by atoms with Crippen molar-refractivity contribution in [2.24, 2.45) is 9.98 Å². The lowest BCUT2D eigenvalue weighted by molar-refractivity contribution is 0.539. The molecule has 1 rings (SSSR count). The van der Waals surface area contributed by atoms with Gasteiger partial charge in [-0.1, -0.05) is 21.6 Å². The summed E-state index contributed by atoms with van der Waals surface area (Å²) in [6.45, 7) is 9.40. The average Bonchev–Trinajstić information content (AvgIpc) is 2.01. The van der Waals surface area contributed by atoms with Gasteiger partial charge in [0.1, 0.15) is 0 Å². The van der Waals surface area contributed by atoms with Crippen LogP contribution in [0, 0.1) is 0 Å². The number of rotatable bonds is 0. The first-order chi connectivity index (χ1) is 6.41. The zero-order chi connectivity index (χ0) is 10.7. The van der Waals surface area contributed by atoms with Crippen LogP contribution in [0.15, 0.2) is 9.98 Å². The van der Waals surface area contributed by atoms with Crippen molar-refractivity contribution < 1.29 is 0 Å². The van der Waals surface area contributed by atoms with E-state index in [1.54, 1.807) is 0 Å². The quantitative estimate of drug-likeness (QED) is 0.597. The van der Waals surface area contributed by atoms with Gasteiger partial charge in [0.05, 0.1) is 16.8 Å². The topological polar surface area (TPSA) is 24.7 Å². The Balaban J connectivity index is 2.70. The molecule has 0 N–H and O–H groups in total. The van der Waals surface area contributed by atoms with Crippen LogP contribution in [0.4, 0.5) is 0 Å². The molecule has 1 aliphatic rings. The third-order valence-electron chi connectivity index (χ3n) is 1.74. The molecule has 2 nitrogen and oxygen atoms in total. The monoisotopic (exact) mass is 230 g/mol. The van der Waals surface area contributed by atoms with Crippen molar-refractivity contribution in [3.8, 4) is 0 Å². The fourth-order valence-corrected chi connectivity index (χ4v) is 3.10. The Morgan fingerprint density at radius 2 is 1.93 bits per heavy atom. The Kier molecular flexibility index (Phi) is 4.07. The van der Waals surface area contributed by atoms with Crippen LogP contribution in [0.25, 0.3) is 0 Å². The molecule has 0 saturated heterocycles. The van der Waals surface area contributed by atoms with Crippen LogP contribution in [-0.4, -0.2) is 35.0 Å². The van der Waals surface area contributed by atoms with Gasteiger partial charge >= 0.3 is 0 Å². The van der Waals surface area contributed by atoms with Crippen LogP contribution in [0.2, 0.25) is 0 Å². The Bertz CT molecular complexity index is 245. The second-order valence-electron chi connectivity index (χ2n) is 4.57. The van der Waals surface area contributed by atoms with Gasteiger partial charge in [-0.25, -0.2) is 0 Å². The summed E-state index contributed by atoms with van der Waals surface area (Å²) in [7, 11) is 3.69. The standard InChI is InChI=1S/C10H18N2S2/c1-9(2)7-11-8-10(3,4)14-13-6-5-12-9/h5,8H,6-7H2,1-4H3. The van der Waals surface area contributed by atoms with Crippen molar-refractivity contribution in [2.75, 3.05) is 12.3 Å². The van der Waals surface area contributed by atoms with E-state index in [1.807, 2.05) is 34.0 Å². The molecule has 1 heterocycles. The molecular weight excluding hydrogens is 212 g/mol. The second kappa shape index (κ2) is 4.71. The molecule has 0 amide bonds. The molecule has 0 fully saturated rings. The van der Waals surface area contributed by atoms with Crippen molar-refractivity contribution in [2.45, 2.75) is 38.0 Å². The highest BCUT2D eigenvalue weighted by Crippen LogP contribution is 2.34. The first kappa shape index (κ1) is 12.1. The lowest BCUT2D eigenvalue weighted by Crippen LogP contribution is -2.24. The Morgan fingerprint density at radius 3 is 2.64 bits per heavy atom. The average molecular weight is 230 g/mol. The molecule has 0 spiro atoms. The van der Waals surface area contributed by atoms with E-state index in [1.165, 1.54) is 0 Å². The molecule has 0 aliphatic carbocycles. The fourth-order valence-electron chi connectivity index (χ4n) is 1.05. The van der Waals surface area contributed by atoms with Crippen molar-refractivity contribution in [1.82, 2.24) is 0 Å². The van der Waals surface area contributed by atoms with Crippen molar-refractivity contribution in [3.63, 3.8) is 0 Å². The van der Waals surface area contributed by atoms with Gasteiger partial charge in [-0.05, 0) is 27.7 Å². The van der Waals surface area contributed by atoms with Crippen LogP contribution < -0.4 is 0 Å². The molecule has 0 bridgehead atoms. The predicted octanol–water partition coefficient (Wildman–Crippen LogP) is 3.08. The Labute approximate surface area is 94.5 Å². The third kappa shape index (κ3) is 4.51. The van der Waals surface area contributed by atoms with E-state index >= 15 is 0 Å². The van der Waals surface area contributed by atoms with Crippen LogP contribution >= 0.6 is 21.6 Å². The number of hydrogen-bond donors (Lipinski definition) is 0. The molecule has 14 heavy (non-hydrogen) atoms. The smallest absolute Gasteiger partial charge is 0.0742 e. The summed E-state index contributed by atoms with van der Waals surface area (Å²) in [4.78, 5) is 8.96. The van der Waals surface area contributed by atoms with Crippen LogP contribution in [-0.2, 0) is 0 Å². The van der Waals surface area contributed by atoms with Crippen LogP contribution in [0.3, 0.4) is 0 Å². The van der Waals surface area contributed by atoms with E-state index in [-0.39, 0.29) is 10.3 Å². The van der Waals surface area contributed by atoms with Crippen molar-refractivity contribution in [3.05, 3.63) is 0 Å². The molecule has 0 aromatic carbocycles. The highest BCUT2D eigenvalue weighted by Gasteiger charge is 2.19. The van der Waals surface area contributed by atoms with E-state index in [2.05, 4.69) is 37.7 Å². The zero-order valence-electron chi connectivity index (χ0n) is 9.28. The normalized spacial score (nSPS) is 26.0. The highest BCUT2D eigenvalue weighted by atomic mass is 33.1. The maximum atomic E-state index is 4.49. The lowest BCUT2D eigenvalue weighted by atomic mass is 10.1. The van der Waals surface area contributed by atoms with E-state index in [4.69, 9.17) is 0 Å².